The summed E-state index contributed by atoms with van der Waals surface area (Å²) >= 11 is 13.3. The number of halogens is 2. The average molecular weight is 394 g/mol. The second-order valence-corrected chi connectivity index (χ2v) is 6.65. The van der Waals surface area contributed by atoms with Crippen molar-refractivity contribution in [1.82, 2.24) is 19.5 Å². The first-order valence-corrected chi connectivity index (χ1v) is 9.01. The highest BCUT2D eigenvalue weighted by Crippen LogP contribution is 2.27. The van der Waals surface area contributed by atoms with Crippen LogP contribution in [0.3, 0.4) is 0 Å². The van der Waals surface area contributed by atoms with Gasteiger partial charge in [-0.2, -0.15) is 0 Å². The molecule has 0 atom stereocenters. The highest BCUT2D eigenvalue weighted by molar-refractivity contribution is 7.98. The first kappa shape index (κ1) is 17.7. The maximum absolute atomic E-state index is 12.3. The van der Waals surface area contributed by atoms with Gasteiger partial charge in [0.05, 0.1) is 17.7 Å². The van der Waals surface area contributed by atoms with Crippen LogP contribution in [-0.2, 0) is 17.1 Å². The molecule has 0 saturated heterocycles. The molecule has 0 aromatic carbocycles. The maximum Gasteiger partial charge on any atom is 0.244 e. The van der Waals surface area contributed by atoms with E-state index in [1.165, 1.54) is 22.7 Å². The van der Waals surface area contributed by atoms with Crippen molar-refractivity contribution in [2.75, 3.05) is 5.32 Å². The molecule has 0 radical (unpaired) electrons. The van der Waals surface area contributed by atoms with Crippen LogP contribution < -0.4 is 5.32 Å². The van der Waals surface area contributed by atoms with Crippen molar-refractivity contribution in [2.24, 2.45) is 0 Å². The third-order valence-corrected chi connectivity index (χ3v) is 4.98. The number of rotatable bonds is 6. The summed E-state index contributed by atoms with van der Waals surface area (Å²) in [5, 5.41) is 3.96. The number of nitrogens with zero attached hydrogens (tertiary/aromatic N) is 4. The number of aromatic nitrogens is 4. The van der Waals surface area contributed by atoms with Gasteiger partial charge >= 0.3 is 0 Å². The zero-order valence-corrected chi connectivity index (χ0v) is 15.2. The van der Waals surface area contributed by atoms with Gasteiger partial charge in [0.15, 0.2) is 5.15 Å². The van der Waals surface area contributed by atoms with E-state index < -0.39 is 0 Å². The van der Waals surface area contributed by atoms with Crippen LogP contribution in [0.2, 0.25) is 10.3 Å². The fourth-order valence-electron chi connectivity index (χ4n) is 2.02. The number of hydrogen-bond donors (Lipinski definition) is 1. The fourth-order valence-corrected chi connectivity index (χ4v) is 3.19. The zero-order chi connectivity index (χ0) is 17.6. The van der Waals surface area contributed by atoms with Gasteiger partial charge in [0.2, 0.25) is 5.91 Å². The summed E-state index contributed by atoms with van der Waals surface area (Å²) in [6, 6.07) is 9.31. The van der Waals surface area contributed by atoms with E-state index in [1.54, 1.807) is 24.5 Å². The summed E-state index contributed by atoms with van der Waals surface area (Å²) in [5.41, 5.74) is 1.58. The highest BCUT2D eigenvalue weighted by atomic mass is 35.5. The molecular weight excluding hydrogens is 381 g/mol. The van der Waals surface area contributed by atoms with Crippen LogP contribution in [0.25, 0.3) is 0 Å². The van der Waals surface area contributed by atoms with Crippen molar-refractivity contribution in [3.63, 3.8) is 0 Å². The molecule has 0 spiro atoms. The SMILES string of the molecule is O=C(Cn1cnc(Cl)c1Cl)Nc1cccnc1SCc1ccccn1. The Hall–Kier alpha value is -2.09. The smallest absolute Gasteiger partial charge is 0.244 e. The summed E-state index contributed by atoms with van der Waals surface area (Å²) in [5.74, 6) is 0.410. The topological polar surface area (TPSA) is 72.7 Å². The maximum atomic E-state index is 12.3. The molecule has 25 heavy (non-hydrogen) atoms. The molecule has 9 heteroatoms. The van der Waals surface area contributed by atoms with Gasteiger partial charge in [-0.1, -0.05) is 41.0 Å². The average Bonchev–Trinajstić information content (AvgIpc) is 2.94. The molecule has 0 saturated carbocycles. The second kappa shape index (κ2) is 8.33. The first-order valence-electron chi connectivity index (χ1n) is 7.27. The Morgan fingerprint density at radius 2 is 1.96 bits per heavy atom. The third-order valence-electron chi connectivity index (χ3n) is 3.17. The molecule has 0 fully saturated rings. The lowest BCUT2D eigenvalue weighted by Crippen LogP contribution is -2.19. The molecule has 6 nitrogen and oxygen atoms in total. The number of carbonyl (C=O) groups is 1. The first-order chi connectivity index (χ1) is 12.1. The van der Waals surface area contributed by atoms with Crippen molar-refractivity contribution in [3.8, 4) is 0 Å². The van der Waals surface area contributed by atoms with Gasteiger partial charge in [0.25, 0.3) is 0 Å². The monoisotopic (exact) mass is 393 g/mol. The Balaban J connectivity index is 1.66. The number of carbonyl (C=O) groups excluding carboxylic acids is 1. The molecule has 0 bridgehead atoms. The van der Waals surface area contributed by atoms with Gasteiger partial charge in [-0.3, -0.25) is 9.78 Å². The molecule has 0 aliphatic carbocycles. The Labute approximate surface area is 158 Å². The van der Waals surface area contributed by atoms with E-state index in [0.29, 0.717) is 11.4 Å². The van der Waals surface area contributed by atoms with Crippen molar-refractivity contribution >= 4 is 46.6 Å². The molecule has 0 aliphatic heterocycles. The van der Waals surface area contributed by atoms with Crippen molar-refractivity contribution in [1.29, 1.82) is 0 Å². The minimum absolute atomic E-state index is 0.0117. The Morgan fingerprint density at radius 1 is 1.12 bits per heavy atom. The van der Waals surface area contributed by atoms with Gasteiger partial charge in [-0.05, 0) is 24.3 Å². The summed E-state index contributed by atoms with van der Waals surface area (Å²) in [6.45, 7) is 0.0117. The largest absolute Gasteiger partial charge is 0.322 e. The van der Waals surface area contributed by atoms with Crippen LogP contribution in [0, 0.1) is 0 Å². The number of nitrogens with one attached hydrogen (secondary N) is 1. The Morgan fingerprint density at radius 3 is 2.68 bits per heavy atom. The van der Waals surface area contributed by atoms with Crippen molar-refractivity contribution in [3.05, 3.63) is 65.1 Å². The molecule has 3 aromatic rings. The van der Waals surface area contributed by atoms with Crippen LogP contribution >= 0.6 is 35.0 Å². The molecular formula is C16H13Cl2N5OS. The van der Waals surface area contributed by atoms with Crippen molar-refractivity contribution in [2.45, 2.75) is 17.3 Å². The minimum atomic E-state index is -0.247. The lowest BCUT2D eigenvalue weighted by atomic mass is 10.4. The van der Waals surface area contributed by atoms with Gasteiger partial charge in [-0.15, -0.1) is 0 Å². The van der Waals surface area contributed by atoms with Gasteiger partial charge in [0.1, 0.15) is 16.7 Å². The van der Waals surface area contributed by atoms with Crippen LogP contribution in [0.4, 0.5) is 5.69 Å². The standard InChI is InChI=1S/C16H13Cl2N5OS/c17-14-15(18)23(10-21-14)8-13(24)22-12-5-3-7-20-16(12)25-9-11-4-1-2-6-19-11/h1-7,10H,8-9H2,(H,22,24). The predicted octanol–water partition coefficient (Wildman–Crippen LogP) is 3.91. The summed E-state index contributed by atoms with van der Waals surface area (Å²) in [7, 11) is 0. The van der Waals surface area contributed by atoms with E-state index in [9.17, 15) is 4.79 Å². The number of pyridine rings is 2. The lowest BCUT2D eigenvalue weighted by molar-refractivity contribution is -0.116. The molecule has 1 amide bonds. The van der Waals surface area contributed by atoms with Gasteiger partial charge < -0.3 is 9.88 Å². The van der Waals surface area contributed by atoms with E-state index in [1.807, 2.05) is 18.2 Å². The van der Waals surface area contributed by atoms with Crippen LogP contribution in [0.5, 0.6) is 0 Å². The Kier molecular flexibility index (Phi) is 5.91. The fraction of sp³-hybridized carbons (Fsp3) is 0.125. The number of thioether (sulfide) groups is 1. The normalized spacial score (nSPS) is 10.6. The number of anilines is 1. The van der Waals surface area contributed by atoms with Gasteiger partial charge in [-0.25, -0.2) is 9.97 Å². The van der Waals surface area contributed by atoms with E-state index >= 15 is 0 Å². The second-order valence-electron chi connectivity index (χ2n) is 4.97. The molecule has 1 N–H and O–H groups in total. The predicted molar refractivity (Wildman–Crippen MR) is 98.9 cm³/mol. The molecule has 3 aromatic heterocycles. The van der Waals surface area contributed by atoms with Crippen LogP contribution in [0.1, 0.15) is 5.69 Å². The van der Waals surface area contributed by atoms with E-state index in [2.05, 4.69) is 20.3 Å². The van der Waals surface area contributed by atoms with E-state index in [0.717, 1.165) is 10.7 Å². The van der Waals surface area contributed by atoms with E-state index in [-0.39, 0.29) is 22.8 Å². The Bertz CT molecular complexity index is 872. The highest BCUT2D eigenvalue weighted by Gasteiger charge is 2.12. The molecule has 0 unspecified atom stereocenters. The molecule has 3 heterocycles. The molecule has 3 rings (SSSR count). The summed E-state index contributed by atoms with van der Waals surface area (Å²) in [6.07, 6.45) is 4.85. The van der Waals surface area contributed by atoms with Crippen LogP contribution in [0.15, 0.2) is 54.1 Å². The number of hydrogen-bond acceptors (Lipinski definition) is 5. The van der Waals surface area contributed by atoms with Crippen molar-refractivity contribution < 1.29 is 4.79 Å². The number of imidazole rings is 1. The minimum Gasteiger partial charge on any atom is -0.322 e. The summed E-state index contributed by atoms with van der Waals surface area (Å²) < 4.78 is 1.47. The quantitative estimate of drug-likeness (QED) is 0.642. The van der Waals surface area contributed by atoms with Gasteiger partial charge in [0, 0.05) is 18.1 Å². The van der Waals surface area contributed by atoms with Crippen LogP contribution in [-0.4, -0.2) is 25.4 Å². The van der Waals surface area contributed by atoms with E-state index in [4.69, 9.17) is 23.2 Å². The summed E-state index contributed by atoms with van der Waals surface area (Å²) in [4.78, 5) is 24.7. The number of amides is 1. The molecule has 0 aliphatic rings. The third kappa shape index (κ3) is 4.72. The molecule has 128 valence electrons. The lowest BCUT2D eigenvalue weighted by Gasteiger charge is -2.10. The zero-order valence-electron chi connectivity index (χ0n) is 12.9.